The van der Waals surface area contributed by atoms with Crippen molar-refractivity contribution in [3.63, 3.8) is 0 Å². The van der Waals surface area contributed by atoms with E-state index in [1.807, 2.05) is 0 Å². The fourth-order valence-corrected chi connectivity index (χ4v) is 4.19. The zero-order valence-electron chi connectivity index (χ0n) is 18.0. The molecule has 0 aromatic heterocycles. The largest absolute Gasteiger partial charge is 0.450 e. The Morgan fingerprint density at radius 3 is 2.14 bits per heavy atom. The minimum absolute atomic E-state index is 0.0234. The molecule has 0 saturated heterocycles. The molecule has 3 heteroatoms. The lowest BCUT2D eigenvalue weighted by Crippen LogP contribution is -2.18. The maximum absolute atomic E-state index is 5.86. The van der Waals surface area contributed by atoms with E-state index in [1.54, 1.807) is 0 Å². The first-order valence-electron chi connectivity index (χ1n) is 10.8. The predicted molar refractivity (Wildman–Crippen MR) is 122 cm³/mol. The summed E-state index contributed by atoms with van der Waals surface area (Å²) in [5, 5.41) is 0. The van der Waals surface area contributed by atoms with Gasteiger partial charge in [-0.3, -0.25) is 0 Å². The molecule has 0 aliphatic carbocycles. The fourth-order valence-electron chi connectivity index (χ4n) is 3.59. The minimum Gasteiger partial charge on any atom is -0.450 e. The van der Waals surface area contributed by atoms with Gasteiger partial charge in [0.25, 0.3) is 0 Å². The number of benzene rings is 2. The van der Waals surface area contributed by atoms with Crippen molar-refractivity contribution in [2.45, 2.75) is 71.6 Å². The molecule has 0 amide bonds. The van der Waals surface area contributed by atoms with Crippen molar-refractivity contribution >= 4 is 9.03 Å². The van der Waals surface area contributed by atoms with Crippen molar-refractivity contribution in [1.29, 1.82) is 0 Å². The molecular weight excluding hydrogens is 363 g/mol. The van der Waals surface area contributed by atoms with E-state index in [1.165, 1.54) is 49.7 Å². The Balaban J connectivity index is 1.81. The van der Waals surface area contributed by atoms with Gasteiger partial charge in [-0.05, 0) is 42.0 Å². The second-order valence-electron chi connectivity index (χ2n) is 8.16. The van der Waals surface area contributed by atoms with E-state index in [4.69, 9.17) is 9.05 Å². The zero-order valence-corrected chi connectivity index (χ0v) is 19.0. The molecule has 0 fully saturated rings. The second kappa shape index (κ2) is 12.2. The van der Waals surface area contributed by atoms with Gasteiger partial charge in [0.1, 0.15) is 5.75 Å². The molecule has 2 aromatic rings. The number of hydrogen-bond donors (Lipinski definition) is 0. The van der Waals surface area contributed by atoms with E-state index in [9.17, 15) is 0 Å². The van der Waals surface area contributed by atoms with Crippen molar-refractivity contribution in [3.05, 3.63) is 65.7 Å². The van der Waals surface area contributed by atoms with Crippen LogP contribution in [0.3, 0.4) is 0 Å². The first-order valence-corrected chi connectivity index (χ1v) is 11.6. The van der Waals surface area contributed by atoms with Crippen molar-refractivity contribution in [2.75, 3.05) is 6.61 Å². The second-order valence-corrected chi connectivity index (χ2v) is 8.82. The van der Waals surface area contributed by atoms with Crippen LogP contribution in [0.1, 0.15) is 77.3 Å². The topological polar surface area (TPSA) is 18.5 Å². The normalized spacial score (nSPS) is 13.1. The number of hydrogen-bond acceptors (Lipinski definition) is 2. The molecular formula is C25H37O2P. The van der Waals surface area contributed by atoms with E-state index in [0.717, 1.165) is 12.4 Å². The van der Waals surface area contributed by atoms with Gasteiger partial charge in [0.2, 0.25) is 9.03 Å². The molecule has 0 heterocycles. The maximum atomic E-state index is 5.86. The highest BCUT2D eigenvalue weighted by molar-refractivity contribution is 7.26. The lowest BCUT2D eigenvalue weighted by Gasteiger charge is -2.26. The highest BCUT2D eigenvalue weighted by atomic mass is 31.1. The molecule has 0 saturated carbocycles. The van der Waals surface area contributed by atoms with Gasteiger partial charge < -0.3 is 9.05 Å². The van der Waals surface area contributed by atoms with Crippen LogP contribution < -0.4 is 4.52 Å². The van der Waals surface area contributed by atoms with Crippen molar-refractivity contribution in [3.8, 4) is 5.75 Å². The summed E-state index contributed by atoms with van der Waals surface area (Å²) in [6, 6.07) is 19.1. The van der Waals surface area contributed by atoms with Crippen LogP contribution in [0, 0.1) is 5.92 Å². The van der Waals surface area contributed by atoms with Gasteiger partial charge in [0.15, 0.2) is 0 Å². The molecule has 0 N–H and O–H groups in total. The molecule has 2 aromatic carbocycles. The van der Waals surface area contributed by atoms with Crippen LogP contribution in [0.15, 0.2) is 54.6 Å². The van der Waals surface area contributed by atoms with Crippen molar-refractivity contribution < 1.29 is 9.05 Å². The van der Waals surface area contributed by atoms with Crippen molar-refractivity contribution in [1.82, 2.24) is 0 Å². The molecule has 2 unspecified atom stereocenters. The Morgan fingerprint density at radius 1 is 0.821 bits per heavy atom. The fraction of sp³-hybridized carbons (Fsp3) is 0.520. The maximum Gasteiger partial charge on any atom is 0.215 e. The lowest BCUT2D eigenvalue weighted by molar-refractivity contribution is 0.237. The molecule has 0 aliphatic heterocycles. The summed E-state index contributed by atoms with van der Waals surface area (Å²) in [5.41, 5.74) is 2.58. The Hall–Kier alpha value is -1.37. The molecule has 2 nitrogen and oxygen atoms in total. The smallest absolute Gasteiger partial charge is 0.215 e. The number of rotatable bonds is 13. The van der Waals surface area contributed by atoms with Crippen LogP contribution in [-0.2, 0) is 9.94 Å². The molecule has 0 bridgehead atoms. The van der Waals surface area contributed by atoms with Crippen LogP contribution in [0.4, 0.5) is 0 Å². The molecule has 2 rings (SSSR count). The third-order valence-corrected chi connectivity index (χ3v) is 6.13. The molecule has 28 heavy (non-hydrogen) atoms. The van der Waals surface area contributed by atoms with Crippen molar-refractivity contribution in [2.24, 2.45) is 5.92 Å². The van der Waals surface area contributed by atoms with Gasteiger partial charge in [-0.2, -0.15) is 0 Å². The monoisotopic (exact) mass is 400 g/mol. The Kier molecular flexibility index (Phi) is 10.0. The van der Waals surface area contributed by atoms with E-state index in [-0.39, 0.29) is 14.4 Å². The van der Waals surface area contributed by atoms with Crippen LogP contribution in [0.5, 0.6) is 5.75 Å². The summed E-state index contributed by atoms with van der Waals surface area (Å²) in [7, 11) is 0.0686. The summed E-state index contributed by atoms with van der Waals surface area (Å²) in [5.74, 6) is 1.55. The van der Waals surface area contributed by atoms with Gasteiger partial charge in [0, 0.05) is 5.41 Å². The highest BCUT2D eigenvalue weighted by Crippen LogP contribution is 2.33. The quantitative estimate of drug-likeness (QED) is 0.251. The third kappa shape index (κ3) is 7.22. The van der Waals surface area contributed by atoms with E-state index in [2.05, 4.69) is 82.3 Å². The Morgan fingerprint density at radius 2 is 1.50 bits per heavy atom. The van der Waals surface area contributed by atoms with E-state index in [0.29, 0.717) is 5.92 Å². The van der Waals surface area contributed by atoms with E-state index < -0.39 is 0 Å². The SMILES string of the molecule is CCCCCC(CCC)COPOc1ccc(C(C)(C)c2ccccc2)cc1. The lowest BCUT2D eigenvalue weighted by atomic mass is 9.78. The van der Waals surface area contributed by atoms with Gasteiger partial charge in [-0.25, -0.2) is 0 Å². The molecule has 2 atom stereocenters. The molecule has 154 valence electrons. The standard InChI is InChI=1S/C25H37O2P/c1-5-7-9-13-21(12-6-2)20-26-28-27-24-18-16-23(17-19-24)25(3,4)22-14-10-8-11-15-22/h8,10-11,14-19,21,28H,5-7,9,12-13,20H2,1-4H3. The van der Waals surface area contributed by atoms with Gasteiger partial charge in [-0.15, -0.1) is 0 Å². The molecule has 0 spiro atoms. The predicted octanol–water partition coefficient (Wildman–Crippen LogP) is 7.91. The summed E-state index contributed by atoms with van der Waals surface area (Å²) in [6.45, 7) is 9.84. The van der Waals surface area contributed by atoms with Gasteiger partial charge in [0.05, 0.1) is 6.61 Å². The summed E-state index contributed by atoms with van der Waals surface area (Å²) < 4.78 is 11.7. The molecule has 0 radical (unpaired) electrons. The highest BCUT2D eigenvalue weighted by Gasteiger charge is 2.22. The van der Waals surface area contributed by atoms with Gasteiger partial charge >= 0.3 is 0 Å². The summed E-state index contributed by atoms with van der Waals surface area (Å²) >= 11 is 0. The Bertz CT molecular complexity index is 652. The third-order valence-electron chi connectivity index (χ3n) is 5.52. The molecule has 0 aliphatic rings. The average molecular weight is 401 g/mol. The summed E-state index contributed by atoms with van der Waals surface area (Å²) in [4.78, 5) is 0. The van der Waals surface area contributed by atoms with Crippen LogP contribution in [0.25, 0.3) is 0 Å². The Labute approximate surface area is 174 Å². The minimum atomic E-state index is -0.0234. The summed E-state index contributed by atoms with van der Waals surface area (Å²) in [6.07, 6.45) is 7.66. The van der Waals surface area contributed by atoms with Crippen LogP contribution >= 0.6 is 9.03 Å². The van der Waals surface area contributed by atoms with E-state index >= 15 is 0 Å². The van der Waals surface area contributed by atoms with Crippen LogP contribution in [-0.4, -0.2) is 6.61 Å². The first-order chi connectivity index (χ1) is 13.6. The van der Waals surface area contributed by atoms with Crippen LogP contribution in [0.2, 0.25) is 0 Å². The average Bonchev–Trinajstić information content (AvgIpc) is 2.72. The first kappa shape index (κ1) is 22.9. The van der Waals surface area contributed by atoms with Gasteiger partial charge in [-0.1, -0.05) is 95.8 Å². The number of unbranched alkanes of at least 4 members (excludes halogenated alkanes) is 2. The zero-order chi connectivity index (χ0) is 20.2.